The highest BCUT2D eigenvalue weighted by molar-refractivity contribution is 5.85. The van der Waals surface area contributed by atoms with Crippen LogP contribution in [0.3, 0.4) is 0 Å². The molecule has 2 rings (SSSR count). The standard InChI is InChI=1S/C14H28N2O2.ClH/c1-17-8-9-18-12-14-4-7-16(11-14)10-13-2-5-15-6-3-13;/h13-15H,2-12H2,1H3;1H. The van der Waals surface area contributed by atoms with Crippen molar-refractivity contribution in [2.45, 2.75) is 19.3 Å². The number of likely N-dealkylation sites (tertiary alicyclic amines) is 1. The van der Waals surface area contributed by atoms with E-state index in [1.165, 1.54) is 52.0 Å². The number of methoxy groups -OCH3 is 1. The Morgan fingerprint density at radius 3 is 2.63 bits per heavy atom. The number of ether oxygens (including phenoxy) is 2. The van der Waals surface area contributed by atoms with E-state index in [-0.39, 0.29) is 12.4 Å². The fraction of sp³-hybridized carbons (Fsp3) is 1.00. The van der Waals surface area contributed by atoms with Crippen LogP contribution in [0.1, 0.15) is 19.3 Å². The number of hydrogen-bond acceptors (Lipinski definition) is 4. The fourth-order valence-corrected chi connectivity index (χ4v) is 3.04. The Bertz CT molecular complexity index is 225. The largest absolute Gasteiger partial charge is 0.382 e. The second kappa shape index (κ2) is 9.94. The lowest BCUT2D eigenvalue weighted by molar-refractivity contribution is 0.0522. The number of halogens is 1. The highest BCUT2D eigenvalue weighted by Crippen LogP contribution is 2.20. The SMILES string of the molecule is COCCOCC1CCN(CC2CCNCC2)C1.Cl. The van der Waals surface area contributed by atoms with E-state index in [0.717, 1.165) is 25.0 Å². The number of nitrogens with one attached hydrogen (secondary N) is 1. The predicted octanol–water partition coefficient (Wildman–Crippen LogP) is 1.39. The van der Waals surface area contributed by atoms with Gasteiger partial charge in [-0.25, -0.2) is 0 Å². The van der Waals surface area contributed by atoms with Gasteiger partial charge in [0.15, 0.2) is 0 Å². The van der Waals surface area contributed by atoms with Gasteiger partial charge < -0.3 is 19.7 Å². The summed E-state index contributed by atoms with van der Waals surface area (Å²) in [6, 6.07) is 0. The molecule has 0 radical (unpaired) electrons. The zero-order valence-corrected chi connectivity index (χ0v) is 12.9. The Hall–Kier alpha value is 0.130. The number of piperidine rings is 1. The van der Waals surface area contributed by atoms with Crippen LogP contribution in [0.4, 0.5) is 0 Å². The van der Waals surface area contributed by atoms with Crippen LogP contribution in [-0.4, -0.2) is 64.6 Å². The summed E-state index contributed by atoms with van der Waals surface area (Å²) in [4.78, 5) is 2.64. The second-order valence-corrected chi connectivity index (χ2v) is 5.68. The molecule has 0 aliphatic carbocycles. The molecule has 2 aliphatic rings. The lowest BCUT2D eigenvalue weighted by atomic mass is 9.98. The normalized spacial score (nSPS) is 25.4. The topological polar surface area (TPSA) is 33.7 Å². The maximum Gasteiger partial charge on any atom is 0.0700 e. The molecule has 5 heteroatoms. The summed E-state index contributed by atoms with van der Waals surface area (Å²) in [5.41, 5.74) is 0. The van der Waals surface area contributed by atoms with Crippen molar-refractivity contribution in [1.82, 2.24) is 10.2 Å². The van der Waals surface area contributed by atoms with Crippen molar-refractivity contribution in [2.24, 2.45) is 11.8 Å². The summed E-state index contributed by atoms with van der Waals surface area (Å²) in [7, 11) is 1.72. The average Bonchev–Trinajstić information content (AvgIpc) is 2.84. The van der Waals surface area contributed by atoms with E-state index < -0.39 is 0 Å². The Morgan fingerprint density at radius 1 is 1.11 bits per heavy atom. The van der Waals surface area contributed by atoms with Crippen LogP contribution in [-0.2, 0) is 9.47 Å². The molecule has 0 aromatic rings. The molecule has 1 N–H and O–H groups in total. The summed E-state index contributed by atoms with van der Waals surface area (Å²) >= 11 is 0. The first-order valence-electron chi connectivity index (χ1n) is 7.38. The molecule has 1 unspecified atom stereocenters. The van der Waals surface area contributed by atoms with E-state index in [1.807, 2.05) is 0 Å². The first kappa shape index (κ1) is 17.2. The molecular formula is C14H29ClN2O2. The van der Waals surface area contributed by atoms with Crippen LogP contribution >= 0.6 is 12.4 Å². The molecule has 0 saturated carbocycles. The van der Waals surface area contributed by atoms with Gasteiger partial charge in [-0.2, -0.15) is 0 Å². The van der Waals surface area contributed by atoms with Crippen LogP contribution in [0.2, 0.25) is 0 Å². The van der Waals surface area contributed by atoms with Gasteiger partial charge in [-0.1, -0.05) is 0 Å². The Balaban J connectivity index is 0.00000180. The van der Waals surface area contributed by atoms with E-state index in [2.05, 4.69) is 10.2 Å². The fourth-order valence-electron chi connectivity index (χ4n) is 3.04. The molecule has 19 heavy (non-hydrogen) atoms. The van der Waals surface area contributed by atoms with E-state index in [0.29, 0.717) is 6.61 Å². The number of rotatable bonds is 7. The molecule has 114 valence electrons. The summed E-state index contributed by atoms with van der Waals surface area (Å²) in [5, 5.41) is 3.44. The van der Waals surface area contributed by atoms with Crippen molar-refractivity contribution in [3.63, 3.8) is 0 Å². The Labute approximate surface area is 123 Å². The molecule has 2 saturated heterocycles. The molecule has 0 aromatic carbocycles. The Morgan fingerprint density at radius 2 is 1.89 bits per heavy atom. The van der Waals surface area contributed by atoms with E-state index in [1.54, 1.807) is 7.11 Å². The number of nitrogens with zero attached hydrogens (tertiary/aromatic N) is 1. The van der Waals surface area contributed by atoms with Crippen LogP contribution in [0, 0.1) is 11.8 Å². The van der Waals surface area contributed by atoms with Gasteiger partial charge in [0.25, 0.3) is 0 Å². The van der Waals surface area contributed by atoms with Gasteiger partial charge in [-0.05, 0) is 50.7 Å². The highest BCUT2D eigenvalue weighted by atomic mass is 35.5. The monoisotopic (exact) mass is 292 g/mol. The second-order valence-electron chi connectivity index (χ2n) is 5.68. The van der Waals surface area contributed by atoms with Crippen molar-refractivity contribution in [3.8, 4) is 0 Å². The van der Waals surface area contributed by atoms with Crippen molar-refractivity contribution in [2.75, 3.05) is 59.7 Å². The molecule has 0 bridgehead atoms. The van der Waals surface area contributed by atoms with Gasteiger partial charge >= 0.3 is 0 Å². The highest BCUT2D eigenvalue weighted by Gasteiger charge is 2.25. The first-order valence-corrected chi connectivity index (χ1v) is 7.38. The molecule has 4 nitrogen and oxygen atoms in total. The zero-order chi connectivity index (χ0) is 12.6. The van der Waals surface area contributed by atoms with E-state index >= 15 is 0 Å². The zero-order valence-electron chi connectivity index (χ0n) is 12.1. The van der Waals surface area contributed by atoms with Crippen molar-refractivity contribution in [3.05, 3.63) is 0 Å². The molecule has 2 fully saturated rings. The van der Waals surface area contributed by atoms with Gasteiger partial charge in [-0.3, -0.25) is 0 Å². The van der Waals surface area contributed by atoms with Crippen LogP contribution in [0.15, 0.2) is 0 Å². The van der Waals surface area contributed by atoms with E-state index in [4.69, 9.17) is 9.47 Å². The summed E-state index contributed by atoms with van der Waals surface area (Å²) in [6.07, 6.45) is 4.01. The van der Waals surface area contributed by atoms with Crippen LogP contribution in [0.25, 0.3) is 0 Å². The van der Waals surface area contributed by atoms with Gasteiger partial charge in [-0.15, -0.1) is 12.4 Å². The maximum absolute atomic E-state index is 5.63. The number of hydrogen-bond donors (Lipinski definition) is 1. The third kappa shape index (κ3) is 6.41. The third-order valence-corrected chi connectivity index (χ3v) is 4.13. The predicted molar refractivity (Wildman–Crippen MR) is 80.1 cm³/mol. The summed E-state index contributed by atoms with van der Waals surface area (Å²) < 4.78 is 10.6. The van der Waals surface area contributed by atoms with Gasteiger partial charge in [0.2, 0.25) is 0 Å². The van der Waals surface area contributed by atoms with Gasteiger partial charge in [0, 0.05) is 20.2 Å². The Kier molecular flexibility index (Phi) is 8.99. The molecular weight excluding hydrogens is 264 g/mol. The minimum Gasteiger partial charge on any atom is -0.382 e. The molecule has 2 heterocycles. The lowest BCUT2D eigenvalue weighted by Crippen LogP contribution is -2.35. The lowest BCUT2D eigenvalue weighted by Gasteiger charge is -2.27. The van der Waals surface area contributed by atoms with Crippen molar-refractivity contribution < 1.29 is 9.47 Å². The minimum absolute atomic E-state index is 0. The maximum atomic E-state index is 5.63. The third-order valence-electron chi connectivity index (χ3n) is 4.13. The van der Waals surface area contributed by atoms with Crippen LogP contribution < -0.4 is 5.32 Å². The van der Waals surface area contributed by atoms with Gasteiger partial charge in [0.1, 0.15) is 0 Å². The first-order chi connectivity index (χ1) is 8.88. The molecule has 0 amide bonds. The molecule has 2 aliphatic heterocycles. The summed E-state index contributed by atoms with van der Waals surface area (Å²) in [5.74, 6) is 1.66. The van der Waals surface area contributed by atoms with Crippen LogP contribution in [0.5, 0.6) is 0 Å². The smallest absolute Gasteiger partial charge is 0.0700 e. The van der Waals surface area contributed by atoms with Crippen molar-refractivity contribution >= 4 is 12.4 Å². The van der Waals surface area contributed by atoms with E-state index in [9.17, 15) is 0 Å². The average molecular weight is 293 g/mol. The quantitative estimate of drug-likeness (QED) is 0.719. The molecule has 0 aromatic heterocycles. The van der Waals surface area contributed by atoms with Gasteiger partial charge in [0.05, 0.1) is 19.8 Å². The van der Waals surface area contributed by atoms with Crippen molar-refractivity contribution in [1.29, 1.82) is 0 Å². The molecule has 0 spiro atoms. The summed E-state index contributed by atoms with van der Waals surface area (Å²) in [6.45, 7) is 8.58. The molecule has 1 atom stereocenters. The minimum atomic E-state index is 0.